The number of hydrogen-bond acceptors (Lipinski definition) is 5. The van der Waals surface area contributed by atoms with E-state index < -0.39 is 10.0 Å². The zero-order valence-electron chi connectivity index (χ0n) is 15.2. The quantitative estimate of drug-likeness (QED) is 0.568. The number of nitrogens with zero attached hydrogens (tertiary/aromatic N) is 5. The van der Waals surface area contributed by atoms with Gasteiger partial charge in [0.25, 0.3) is 0 Å². The van der Waals surface area contributed by atoms with Gasteiger partial charge < -0.3 is 9.38 Å². The van der Waals surface area contributed by atoms with E-state index in [4.69, 9.17) is 0 Å². The van der Waals surface area contributed by atoms with Gasteiger partial charge in [-0.3, -0.25) is 4.90 Å². The van der Waals surface area contributed by atoms with Gasteiger partial charge in [0.1, 0.15) is 16.2 Å². The van der Waals surface area contributed by atoms with E-state index in [0.29, 0.717) is 48.7 Å². The zero-order chi connectivity index (χ0) is 19.1. The summed E-state index contributed by atoms with van der Waals surface area (Å²) in [4.78, 5) is 14.3. The standard InChI is InChI=1S/C19H20N6O2S/c26-28(27,17-12-21-19-16(17)4-3-6-20-19)25-10-8-23(9-11-25)13-15-14-24-7-2-1-5-18(24)22-15/h1-7,12,14H,8-11,13H2,(H,20,21). The summed E-state index contributed by atoms with van der Waals surface area (Å²) in [5.41, 5.74) is 2.50. The molecule has 0 spiro atoms. The maximum absolute atomic E-state index is 13.1. The van der Waals surface area contributed by atoms with Crippen LogP contribution in [0.1, 0.15) is 5.69 Å². The van der Waals surface area contributed by atoms with Crippen molar-refractivity contribution in [1.82, 2.24) is 28.6 Å². The summed E-state index contributed by atoms with van der Waals surface area (Å²) in [7, 11) is -3.55. The van der Waals surface area contributed by atoms with Crippen molar-refractivity contribution in [2.24, 2.45) is 0 Å². The van der Waals surface area contributed by atoms with Crippen LogP contribution in [-0.2, 0) is 16.6 Å². The Morgan fingerprint density at radius 1 is 1.07 bits per heavy atom. The second-order valence-electron chi connectivity index (χ2n) is 6.93. The van der Waals surface area contributed by atoms with Crippen molar-refractivity contribution < 1.29 is 8.42 Å². The van der Waals surface area contributed by atoms with Crippen molar-refractivity contribution in [2.45, 2.75) is 11.4 Å². The maximum atomic E-state index is 13.1. The summed E-state index contributed by atoms with van der Waals surface area (Å²) in [5, 5.41) is 0.634. The Kier molecular flexibility index (Phi) is 4.15. The molecule has 0 atom stereocenters. The first-order valence-electron chi connectivity index (χ1n) is 9.18. The predicted octanol–water partition coefficient (Wildman–Crippen LogP) is 1.72. The number of hydrogen-bond donors (Lipinski definition) is 1. The average molecular weight is 396 g/mol. The number of piperazine rings is 1. The molecule has 0 aliphatic carbocycles. The molecule has 8 nitrogen and oxygen atoms in total. The molecule has 5 rings (SSSR count). The lowest BCUT2D eigenvalue weighted by Gasteiger charge is -2.33. The summed E-state index contributed by atoms with van der Waals surface area (Å²) in [5.74, 6) is 0. The van der Waals surface area contributed by atoms with Crippen molar-refractivity contribution >= 4 is 26.7 Å². The number of imidazole rings is 1. The lowest BCUT2D eigenvalue weighted by atomic mass is 10.3. The largest absolute Gasteiger partial charge is 0.345 e. The molecule has 9 heteroatoms. The van der Waals surface area contributed by atoms with Gasteiger partial charge in [-0.15, -0.1) is 0 Å². The van der Waals surface area contributed by atoms with Gasteiger partial charge in [-0.25, -0.2) is 18.4 Å². The van der Waals surface area contributed by atoms with E-state index in [0.717, 1.165) is 11.3 Å². The number of rotatable bonds is 4. The van der Waals surface area contributed by atoms with Gasteiger partial charge in [0.05, 0.1) is 5.69 Å². The van der Waals surface area contributed by atoms with E-state index in [2.05, 4.69) is 19.9 Å². The fourth-order valence-electron chi connectivity index (χ4n) is 3.70. The van der Waals surface area contributed by atoms with E-state index in [1.54, 1.807) is 22.6 Å². The molecule has 1 fully saturated rings. The fraction of sp³-hybridized carbons (Fsp3) is 0.263. The summed E-state index contributed by atoms with van der Waals surface area (Å²) in [6.45, 7) is 2.99. The molecule has 4 aromatic rings. The summed E-state index contributed by atoms with van der Waals surface area (Å²) in [6.07, 6.45) is 7.19. The van der Waals surface area contributed by atoms with Gasteiger partial charge in [0, 0.05) is 62.9 Å². The summed E-state index contributed by atoms with van der Waals surface area (Å²) in [6, 6.07) is 9.45. The molecule has 0 saturated carbocycles. The normalized spacial score (nSPS) is 16.9. The van der Waals surface area contributed by atoms with Crippen LogP contribution in [0.4, 0.5) is 0 Å². The lowest BCUT2D eigenvalue weighted by Crippen LogP contribution is -2.48. The van der Waals surface area contributed by atoms with E-state index in [-0.39, 0.29) is 0 Å². The fourth-order valence-corrected chi connectivity index (χ4v) is 5.28. The molecule has 1 N–H and O–H groups in total. The molecule has 1 aliphatic rings. The SMILES string of the molecule is O=S(=O)(c1c[nH]c2ncccc12)N1CCN(Cc2cn3ccccc3n2)CC1. The van der Waals surface area contributed by atoms with Gasteiger partial charge in [0.2, 0.25) is 10.0 Å². The highest BCUT2D eigenvalue weighted by atomic mass is 32.2. The molecule has 0 aromatic carbocycles. The average Bonchev–Trinajstić information content (AvgIpc) is 3.32. The van der Waals surface area contributed by atoms with E-state index in [1.807, 2.05) is 35.0 Å². The Labute approximate surface area is 162 Å². The third-order valence-electron chi connectivity index (χ3n) is 5.16. The van der Waals surface area contributed by atoms with Crippen LogP contribution in [0.25, 0.3) is 16.7 Å². The minimum Gasteiger partial charge on any atom is -0.345 e. The number of pyridine rings is 2. The number of H-pyrrole nitrogens is 1. The van der Waals surface area contributed by atoms with Crippen LogP contribution in [0.15, 0.2) is 60.0 Å². The van der Waals surface area contributed by atoms with E-state index in [9.17, 15) is 8.42 Å². The van der Waals surface area contributed by atoms with Crippen molar-refractivity contribution in [3.63, 3.8) is 0 Å². The lowest BCUT2D eigenvalue weighted by molar-refractivity contribution is 0.180. The van der Waals surface area contributed by atoms with E-state index >= 15 is 0 Å². The van der Waals surface area contributed by atoms with Gasteiger partial charge >= 0.3 is 0 Å². The molecule has 0 unspecified atom stereocenters. The highest BCUT2D eigenvalue weighted by Crippen LogP contribution is 2.25. The number of aromatic amines is 1. The Balaban J connectivity index is 1.30. The van der Waals surface area contributed by atoms with Crippen LogP contribution < -0.4 is 0 Å². The van der Waals surface area contributed by atoms with Crippen molar-refractivity contribution in [2.75, 3.05) is 26.2 Å². The minimum absolute atomic E-state index is 0.296. The molecule has 28 heavy (non-hydrogen) atoms. The Bertz CT molecular complexity index is 1200. The number of sulfonamides is 1. The van der Waals surface area contributed by atoms with Crippen molar-refractivity contribution in [3.05, 3.63) is 60.8 Å². The van der Waals surface area contributed by atoms with E-state index in [1.165, 1.54) is 6.20 Å². The van der Waals surface area contributed by atoms with Gasteiger partial charge in [-0.1, -0.05) is 6.07 Å². The molecule has 0 bridgehead atoms. The second-order valence-corrected chi connectivity index (χ2v) is 8.84. The number of fused-ring (bicyclic) bond motifs is 2. The second kappa shape index (κ2) is 6.69. The third kappa shape index (κ3) is 2.97. The Morgan fingerprint density at radius 3 is 2.75 bits per heavy atom. The summed E-state index contributed by atoms with van der Waals surface area (Å²) < 4.78 is 29.7. The molecule has 144 valence electrons. The van der Waals surface area contributed by atoms with Crippen LogP contribution in [0.2, 0.25) is 0 Å². The molecular formula is C19H20N6O2S. The first-order chi connectivity index (χ1) is 13.6. The Morgan fingerprint density at radius 2 is 1.93 bits per heavy atom. The molecule has 1 aliphatic heterocycles. The predicted molar refractivity (Wildman–Crippen MR) is 105 cm³/mol. The highest BCUT2D eigenvalue weighted by Gasteiger charge is 2.30. The molecule has 0 radical (unpaired) electrons. The Hall–Kier alpha value is -2.75. The zero-order valence-corrected chi connectivity index (χ0v) is 16.0. The molecule has 1 saturated heterocycles. The maximum Gasteiger partial charge on any atom is 0.245 e. The monoisotopic (exact) mass is 396 g/mol. The molecular weight excluding hydrogens is 376 g/mol. The minimum atomic E-state index is -3.55. The molecule has 5 heterocycles. The van der Waals surface area contributed by atoms with Gasteiger partial charge in [0.15, 0.2) is 0 Å². The third-order valence-corrected chi connectivity index (χ3v) is 7.10. The van der Waals surface area contributed by atoms with Crippen LogP contribution >= 0.6 is 0 Å². The highest BCUT2D eigenvalue weighted by molar-refractivity contribution is 7.89. The van der Waals surface area contributed by atoms with Crippen LogP contribution in [0, 0.1) is 0 Å². The topological polar surface area (TPSA) is 86.6 Å². The summed E-state index contributed by atoms with van der Waals surface area (Å²) >= 11 is 0. The van der Waals surface area contributed by atoms with Gasteiger partial charge in [-0.05, 0) is 24.3 Å². The van der Waals surface area contributed by atoms with Crippen molar-refractivity contribution in [3.8, 4) is 0 Å². The first kappa shape index (κ1) is 17.4. The number of nitrogens with one attached hydrogen (secondary N) is 1. The van der Waals surface area contributed by atoms with Crippen LogP contribution in [0.3, 0.4) is 0 Å². The van der Waals surface area contributed by atoms with Crippen LogP contribution in [-0.4, -0.2) is 63.2 Å². The molecule has 4 aromatic heterocycles. The number of aromatic nitrogens is 4. The smallest absolute Gasteiger partial charge is 0.245 e. The first-order valence-corrected chi connectivity index (χ1v) is 10.6. The molecule has 0 amide bonds. The van der Waals surface area contributed by atoms with Gasteiger partial charge in [-0.2, -0.15) is 4.31 Å². The van der Waals surface area contributed by atoms with Crippen LogP contribution in [0.5, 0.6) is 0 Å². The van der Waals surface area contributed by atoms with Crippen molar-refractivity contribution in [1.29, 1.82) is 0 Å².